The van der Waals surface area contributed by atoms with Crippen LogP contribution in [0, 0.1) is 12.3 Å². The van der Waals surface area contributed by atoms with Gasteiger partial charge in [0.05, 0.1) is 27.6 Å². The van der Waals surface area contributed by atoms with Gasteiger partial charge in [0.2, 0.25) is 5.95 Å². The van der Waals surface area contributed by atoms with E-state index in [0.717, 1.165) is 44.1 Å². The molecule has 6 aromatic carbocycles. The molecule has 0 radical (unpaired) electrons. The molecule has 0 N–H and O–H groups in total. The highest BCUT2D eigenvalue weighted by atomic mass is 15.2. The normalized spacial score (nSPS) is 12.4. The maximum Gasteiger partial charge on any atom is 0.238 e. The van der Waals surface area contributed by atoms with Crippen LogP contribution < -0.4 is 0 Å². The minimum atomic E-state index is 0.571. The molecule has 0 amide bonds. The number of hydrogen-bond acceptors (Lipinski definition) is 3. The average molecular weight is 652 g/mol. The summed E-state index contributed by atoms with van der Waals surface area (Å²) in [5.74, 6) is 4.37. The molecule has 0 atom stereocenters. The summed E-state index contributed by atoms with van der Waals surface area (Å²) in [7, 11) is 0. The molecule has 0 saturated carbocycles. The number of aromatic nitrogens is 5. The zero-order valence-corrected chi connectivity index (χ0v) is 27.7. The molecule has 5 nitrogen and oxygen atoms in total. The molecule has 0 unspecified atom stereocenters. The van der Waals surface area contributed by atoms with Gasteiger partial charge >= 0.3 is 0 Å². The lowest BCUT2D eigenvalue weighted by Gasteiger charge is -2.11. The molecule has 0 aliphatic rings. The maximum atomic E-state index is 5.48. The molecule has 0 aliphatic heterocycles. The van der Waals surface area contributed by atoms with E-state index in [0.29, 0.717) is 17.6 Å². The van der Waals surface area contributed by atoms with E-state index in [4.69, 9.17) is 21.4 Å². The van der Waals surface area contributed by atoms with Crippen molar-refractivity contribution in [1.82, 2.24) is 23.9 Å². The van der Waals surface area contributed by atoms with Crippen LogP contribution in [0.1, 0.15) is 12.5 Å². The Labute approximate surface area is 293 Å². The van der Waals surface area contributed by atoms with Crippen LogP contribution in [0.4, 0.5) is 0 Å². The number of benzene rings is 6. The Kier molecular flexibility index (Phi) is 6.39. The fourth-order valence-corrected chi connectivity index (χ4v) is 7.72. The predicted molar refractivity (Wildman–Crippen MR) is 211 cm³/mol. The smallest absolute Gasteiger partial charge is 0.238 e. The van der Waals surface area contributed by atoms with Gasteiger partial charge in [0.25, 0.3) is 0 Å². The van der Waals surface area contributed by atoms with Crippen LogP contribution in [0.3, 0.4) is 0 Å². The highest BCUT2D eigenvalue weighted by molar-refractivity contribution is 6.26. The SMILES string of the molecule is C#C/C=C\C(=C/C)c1ccc(-c2nc(-c3ccccc3)nc(-n3c4ccccc4c4cc5c(cc43)c3cccc4c6ccccc6n5c43)n2)cc1. The van der Waals surface area contributed by atoms with E-state index in [1.165, 1.54) is 38.1 Å². The number of terminal acetylenes is 1. The van der Waals surface area contributed by atoms with Crippen molar-refractivity contribution in [3.63, 3.8) is 0 Å². The molecule has 51 heavy (non-hydrogen) atoms. The molecule has 0 saturated heterocycles. The van der Waals surface area contributed by atoms with E-state index < -0.39 is 0 Å². The molecule has 0 fully saturated rings. The van der Waals surface area contributed by atoms with E-state index in [2.05, 4.69) is 124 Å². The monoisotopic (exact) mass is 651 g/mol. The number of para-hydroxylation sites is 3. The van der Waals surface area contributed by atoms with Crippen molar-refractivity contribution in [2.45, 2.75) is 6.92 Å². The Bertz CT molecular complexity index is 3080. The largest absolute Gasteiger partial charge is 0.308 e. The van der Waals surface area contributed by atoms with Crippen molar-refractivity contribution in [3.8, 4) is 41.1 Å². The quantitative estimate of drug-likeness (QED) is 0.137. The fourth-order valence-electron chi connectivity index (χ4n) is 7.72. The second-order valence-electron chi connectivity index (χ2n) is 12.8. The van der Waals surface area contributed by atoms with Crippen molar-refractivity contribution < 1.29 is 0 Å². The first-order valence-corrected chi connectivity index (χ1v) is 17.0. The molecular weight excluding hydrogens is 623 g/mol. The van der Waals surface area contributed by atoms with E-state index in [9.17, 15) is 0 Å². The molecule has 0 bridgehead atoms. The summed E-state index contributed by atoms with van der Waals surface area (Å²) in [4.78, 5) is 15.4. The molecule has 0 spiro atoms. The van der Waals surface area contributed by atoms with Gasteiger partial charge in [-0.25, -0.2) is 4.98 Å². The Morgan fingerprint density at radius 1 is 0.569 bits per heavy atom. The number of hydrogen-bond donors (Lipinski definition) is 0. The second-order valence-corrected chi connectivity index (χ2v) is 12.8. The van der Waals surface area contributed by atoms with Gasteiger partial charge < -0.3 is 4.40 Å². The second kappa shape index (κ2) is 11.3. The third kappa shape index (κ3) is 4.34. The van der Waals surface area contributed by atoms with Gasteiger partial charge in [0.15, 0.2) is 11.6 Å². The van der Waals surface area contributed by atoms with Crippen LogP contribution in [0.2, 0.25) is 0 Å². The standard InChI is InChI=1S/C46H29N5/c1-3-5-14-29(4-2)30-23-25-32(26-24-30)45-47-44(31-15-7-6-8-16-31)48-46(49-45)51-40-22-12-10-18-34(40)37-27-41-38(28-42(37)51)36-20-13-19-35-33-17-9-11-21-39(33)50(41)43(35)36/h1,4-28H,2H3/b14-5-,29-4+. The number of nitrogens with zero attached hydrogens (tertiary/aromatic N) is 5. The van der Waals surface area contributed by atoms with Crippen LogP contribution in [0.5, 0.6) is 0 Å². The summed E-state index contributed by atoms with van der Waals surface area (Å²) in [5, 5.41) is 7.26. The molecule has 0 aliphatic carbocycles. The molecule has 10 rings (SSSR count). The van der Waals surface area contributed by atoms with Crippen LogP contribution in [0.15, 0.2) is 152 Å². The van der Waals surface area contributed by atoms with Gasteiger partial charge in [-0.05, 0) is 54.5 Å². The summed E-state index contributed by atoms with van der Waals surface area (Å²) < 4.78 is 4.63. The zero-order chi connectivity index (χ0) is 34.1. The maximum absolute atomic E-state index is 5.48. The number of allylic oxidation sites excluding steroid dienone is 4. The van der Waals surface area contributed by atoms with Crippen LogP contribution in [-0.2, 0) is 0 Å². The minimum Gasteiger partial charge on any atom is -0.308 e. The third-order valence-electron chi connectivity index (χ3n) is 10.0. The van der Waals surface area contributed by atoms with Crippen molar-refractivity contribution in [1.29, 1.82) is 0 Å². The highest BCUT2D eigenvalue weighted by Crippen LogP contribution is 2.42. The van der Waals surface area contributed by atoms with Crippen LogP contribution >= 0.6 is 0 Å². The van der Waals surface area contributed by atoms with Crippen LogP contribution in [-0.4, -0.2) is 23.9 Å². The Morgan fingerprint density at radius 2 is 1.16 bits per heavy atom. The molecule has 4 aromatic heterocycles. The molecule has 10 aromatic rings. The van der Waals surface area contributed by atoms with E-state index in [-0.39, 0.29) is 0 Å². The Balaban J connectivity index is 1.25. The predicted octanol–water partition coefficient (Wildman–Crippen LogP) is 11.0. The molecular formula is C46H29N5. The van der Waals surface area contributed by atoms with Gasteiger partial charge in [0, 0.05) is 43.4 Å². The van der Waals surface area contributed by atoms with Crippen molar-refractivity contribution in [2.24, 2.45) is 0 Å². The number of fused-ring (bicyclic) bond motifs is 9. The minimum absolute atomic E-state index is 0.571. The molecule has 5 heteroatoms. The topological polar surface area (TPSA) is 48.0 Å². The Morgan fingerprint density at radius 3 is 1.88 bits per heavy atom. The van der Waals surface area contributed by atoms with Crippen LogP contribution in [0.25, 0.3) is 94.2 Å². The van der Waals surface area contributed by atoms with E-state index in [1.54, 1.807) is 6.08 Å². The van der Waals surface area contributed by atoms with Gasteiger partial charge in [-0.2, -0.15) is 9.97 Å². The van der Waals surface area contributed by atoms with Crippen molar-refractivity contribution >= 4 is 65.5 Å². The van der Waals surface area contributed by atoms with Crippen molar-refractivity contribution in [3.05, 3.63) is 157 Å². The fraction of sp³-hybridized carbons (Fsp3) is 0.0217. The lowest BCUT2D eigenvalue weighted by molar-refractivity contribution is 0.954. The summed E-state index contributed by atoms with van der Waals surface area (Å²) in [6.45, 7) is 2.01. The van der Waals surface area contributed by atoms with Crippen molar-refractivity contribution in [2.75, 3.05) is 0 Å². The summed E-state index contributed by atoms with van der Waals surface area (Å²) in [6, 6.07) is 46.9. The first kappa shape index (κ1) is 28.9. The van der Waals surface area contributed by atoms with E-state index >= 15 is 0 Å². The zero-order valence-electron chi connectivity index (χ0n) is 27.7. The van der Waals surface area contributed by atoms with Gasteiger partial charge in [-0.1, -0.05) is 121 Å². The first-order valence-electron chi connectivity index (χ1n) is 17.0. The Hall–Kier alpha value is -7.03. The van der Waals surface area contributed by atoms with Gasteiger partial charge in [-0.15, -0.1) is 6.42 Å². The molecule has 238 valence electrons. The number of rotatable bonds is 5. The first-order chi connectivity index (χ1) is 25.2. The van der Waals surface area contributed by atoms with Gasteiger partial charge in [0.1, 0.15) is 0 Å². The van der Waals surface area contributed by atoms with E-state index in [1.807, 2.05) is 43.3 Å². The summed E-state index contributed by atoms with van der Waals surface area (Å²) in [6.07, 6.45) is 11.2. The lowest BCUT2D eigenvalue weighted by Crippen LogP contribution is -2.06. The van der Waals surface area contributed by atoms with Gasteiger partial charge in [-0.3, -0.25) is 4.57 Å². The summed E-state index contributed by atoms with van der Waals surface area (Å²) >= 11 is 0. The average Bonchev–Trinajstić information content (AvgIpc) is 3.82. The third-order valence-corrected chi connectivity index (χ3v) is 10.0. The summed E-state index contributed by atoms with van der Waals surface area (Å²) in [5.41, 5.74) is 9.69. The highest BCUT2D eigenvalue weighted by Gasteiger charge is 2.22. The molecule has 4 heterocycles. The lowest BCUT2D eigenvalue weighted by atomic mass is 10.0.